The Morgan fingerprint density at radius 2 is 2.00 bits per heavy atom. The van der Waals surface area contributed by atoms with Crippen molar-refractivity contribution in [1.82, 2.24) is 10.3 Å². The molecular formula is C20H19N3O2S3. The quantitative estimate of drug-likeness (QED) is 0.628. The van der Waals surface area contributed by atoms with Crippen LogP contribution in [0.4, 0.5) is 5.13 Å². The number of thioether (sulfide) groups is 1. The molecule has 4 rings (SSSR count). The highest BCUT2D eigenvalue weighted by Gasteiger charge is 2.28. The average molecular weight is 430 g/mol. The van der Waals surface area contributed by atoms with Gasteiger partial charge in [0.05, 0.1) is 22.4 Å². The minimum atomic E-state index is -0.115. The topological polar surface area (TPSA) is 71.1 Å². The summed E-state index contributed by atoms with van der Waals surface area (Å²) in [6.45, 7) is 4.04. The Kier molecular flexibility index (Phi) is 5.52. The van der Waals surface area contributed by atoms with Gasteiger partial charge in [-0.05, 0) is 37.1 Å². The fourth-order valence-electron chi connectivity index (χ4n) is 3.00. The van der Waals surface area contributed by atoms with Gasteiger partial charge >= 0.3 is 0 Å². The molecule has 1 atom stereocenters. The van der Waals surface area contributed by atoms with Gasteiger partial charge in [-0.3, -0.25) is 9.59 Å². The van der Waals surface area contributed by atoms with Crippen LogP contribution >= 0.6 is 34.4 Å². The summed E-state index contributed by atoms with van der Waals surface area (Å²) in [4.78, 5) is 32.8. The molecule has 0 saturated carbocycles. The lowest BCUT2D eigenvalue weighted by Gasteiger charge is -2.07. The number of carbonyl (C=O) groups is 2. The Hall–Kier alpha value is -2.16. The fourth-order valence-corrected chi connectivity index (χ4v) is 6.09. The summed E-state index contributed by atoms with van der Waals surface area (Å²) in [6.07, 6.45) is 0.751. The molecule has 3 heterocycles. The summed E-state index contributed by atoms with van der Waals surface area (Å²) in [6, 6.07) is 12.2. The number of benzene rings is 1. The molecule has 0 fully saturated rings. The molecule has 1 aliphatic heterocycles. The van der Waals surface area contributed by atoms with E-state index in [1.165, 1.54) is 28.7 Å². The first kappa shape index (κ1) is 19.2. The predicted molar refractivity (Wildman–Crippen MR) is 116 cm³/mol. The van der Waals surface area contributed by atoms with Gasteiger partial charge in [-0.1, -0.05) is 18.2 Å². The van der Waals surface area contributed by atoms with E-state index in [9.17, 15) is 9.59 Å². The van der Waals surface area contributed by atoms with Crippen LogP contribution in [0.3, 0.4) is 0 Å². The molecule has 0 spiro atoms. The third-order valence-electron chi connectivity index (χ3n) is 4.37. The van der Waals surface area contributed by atoms with Gasteiger partial charge in [-0.15, -0.1) is 34.4 Å². The summed E-state index contributed by atoms with van der Waals surface area (Å²) < 4.78 is 0. The minimum Gasteiger partial charge on any atom is -0.351 e. The average Bonchev–Trinajstić information content (AvgIpc) is 3.37. The molecule has 1 unspecified atom stereocenters. The third-order valence-corrected chi connectivity index (χ3v) is 7.67. The van der Waals surface area contributed by atoms with E-state index in [-0.39, 0.29) is 17.1 Å². The molecule has 0 radical (unpaired) electrons. The monoisotopic (exact) mass is 429 g/mol. The van der Waals surface area contributed by atoms with Crippen LogP contribution in [-0.4, -0.2) is 22.0 Å². The molecule has 28 heavy (non-hydrogen) atoms. The summed E-state index contributed by atoms with van der Waals surface area (Å²) in [5.74, 6) is -0.0456. The van der Waals surface area contributed by atoms with Crippen LogP contribution in [0.25, 0.3) is 10.6 Å². The standard InChI is InChI=1S/C20H19N3O2S3/c1-11-18(16-8-7-14(27-16)10-21-12(2)24)22-20(26-11)23-19(25)17-9-13-5-3-4-6-15(13)28-17/h3-8,17H,9-10H2,1-2H3,(H,21,24)(H,22,23,25). The number of fused-ring (bicyclic) bond motifs is 1. The molecule has 2 aromatic heterocycles. The van der Waals surface area contributed by atoms with Crippen LogP contribution < -0.4 is 10.6 Å². The number of thiazole rings is 1. The van der Waals surface area contributed by atoms with Crippen LogP contribution in [0.5, 0.6) is 0 Å². The number of hydrogen-bond acceptors (Lipinski definition) is 6. The molecular weight excluding hydrogens is 410 g/mol. The van der Waals surface area contributed by atoms with Crippen molar-refractivity contribution in [2.24, 2.45) is 0 Å². The number of aryl methyl sites for hydroxylation is 1. The number of nitrogens with one attached hydrogen (secondary N) is 2. The van der Waals surface area contributed by atoms with E-state index in [0.29, 0.717) is 11.7 Å². The van der Waals surface area contributed by atoms with E-state index in [1.807, 2.05) is 31.2 Å². The summed E-state index contributed by atoms with van der Waals surface area (Å²) in [7, 11) is 0. The largest absolute Gasteiger partial charge is 0.351 e. The number of anilines is 1. The van der Waals surface area contributed by atoms with Crippen molar-refractivity contribution >= 4 is 51.4 Å². The first-order chi connectivity index (χ1) is 13.5. The Bertz CT molecular complexity index is 1020. The molecule has 0 saturated heterocycles. The van der Waals surface area contributed by atoms with E-state index in [0.717, 1.165) is 26.7 Å². The number of amides is 2. The zero-order chi connectivity index (χ0) is 19.7. The van der Waals surface area contributed by atoms with Gasteiger partial charge < -0.3 is 10.6 Å². The Morgan fingerprint density at radius 3 is 2.79 bits per heavy atom. The number of nitrogens with zero attached hydrogens (tertiary/aromatic N) is 1. The zero-order valence-electron chi connectivity index (χ0n) is 15.4. The number of carbonyl (C=O) groups excluding carboxylic acids is 2. The van der Waals surface area contributed by atoms with E-state index < -0.39 is 0 Å². The van der Waals surface area contributed by atoms with Gasteiger partial charge in [-0.25, -0.2) is 4.98 Å². The predicted octanol–water partition coefficient (Wildman–Crippen LogP) is 4.47. The number of hydrogen-bond donors (Lipinski definition) is 2. The Labute approximate surface area is 175 Å². The molecule has 144 valence electrons. The van der Waals surface area contributed by atoms with Crippen LogP contribution in [0.15, 0.2) is 41.3 Å². The van der Waals surface area contributed by atoms with E-state index in [2.05, 4.69) is 27.8 Å². The first-order valence-corrected chi connectivity index (χ1v) is 11.4. The molecule has 1 aromatic carbocycles. The van der Waals surface area contributed by atoms with Crippen molar-refractivity contribution in [3.8, 4) is 10.6 Å². The Morgan fingerprint density at radius 1 is 1.18 bits per heavy atom. The highest BCUT2D eigenvalue weighted by molar-refractivity contribution is 8.01. The van der Waals surface area contributed by atoms with Gasteiger partial charge in [0.1, 0.15) is 0 Å². The van der Waals surface area contributed by atoms with Crippen LogP contribution in [0.1, 0.15) is 22.2 Å². The maximum Gasteiger partial charge on any atom is 0.239 e. The van der Waals surface area contributed by atoms with E-state index in [1.54, 1.807) is 23.1 Å². The molecule has 2 amide bonds. The van der Waals surface area contributed by atoms with Gasteiger partial charge in [0.2, 0.25) is 11.8 Å². The van der Waals surface area contributed by atoms with Crippen molar-refractivity contribution < 1.29 is 9.59 Å². The molecule has 5 nitrogen and oxygen atoms in total. The Balaban J connectivity index is 1.43. The summed E-state index contributed by atoms with van der Waals surface area (Å²) in [5, 5.41) is 6.31. The maximum absolute atomic E-state index is 12.7. The second kappa shape index (κ2) is 8.06. The zero-order valence-corrected chi connectivity index (χ0v) is 17.9. The van der Waals surface area contributed by atoms with E-state index in [4.69, 9.17) is 0 Å². The van der Waals surface area contributed by atoms with Gasteiger partial charge in [0, 0.05) is 21.6 Å². The third kappa shape index (κ3) is 4.14. The molecule has 2 N–H and O–H groups in total. The van der Waals surface area contributed by atoms with Crippen LogP contribution in [-0.2, 0) is 22.6 Å². The summed E-state index contributed by atoms with van der Waals surface area (Å²) >= 11 is 4.71. The van der Waals surface area contributed by atoms with Crippen LogP contribution in [0, 0.1) is 6.92 Å². The van der Waals surface area contributed by atoms with Gasteiger partial charge in [0.25, 0.3) is 0 Å². The number of thiophene rings is 1. The highest BCUT2D eigenvalue weighted by atomic mass is 32.2. The minimum absolute atomic E-state index is 0.000901. The number of rotatable bonds is 5. The second-order valence-corrected chi connectivity index (χ2v) is 10.1. The van der Waals surface area contributed by atoms with Crippen LogP contribution in [0.2, 0.25) is 0 Å². The molecule has 0 bridgehead atoms. The van der Waals surface area contributed by atoms with Crippen molar-refractivity contribution in [3.05, 3.63) is 51.7 Å². The lowest BCUT2D eigenvalue weighted by molar-refractivity contribution is -0.119. The lowest BCUT2D eigenvalue weighted by atomic mass is 10.1. The fraction of sp³-hybridized carbons (Fsp3) is 0.250. The second-order valence-electron chi connectivity index (χ2n) is 6.51. The van der Waals surface area contributed by atoms with Gasteiger partial charge in [-0.2, -0.15) is 0 Å². The maximum atomic E-state index is 12.7. The van der Waals surface area contributed by atoms with Gasteiger partial charge in [0.15, 0.2) is 5.13 Å². The molecule has 0 aliphatic carbocycles. The molecule has 3 aromatic rings. The smallest absolute Gasteiger partial charge is 0.239 e. The summed E-state index contributed by atoms with van der Waals surface area (Å²) in [5.41, 5.74) is 2.12. The number of aromatic nitrogens is 1. The lowest BCUT2D eigenvalue weighted by Crippen LogP contribution is -2.24. The first-order valence-electron chi connectivity index (χ1n) is 8.86. The van der Waals surface area contributed by atoms with Crippen molar-refractivity contribution in [3.63, 3.8) is 0 Å². The molecule has 1 aliphatic rings. The normalized spacial score (nSPS) is 15.3. The highest BCUT2D eigenvalue weighted by Crippen LogP contribution is 2.38. The van der Waals surface area contributed by atoms with E-state index >= 15 is 0 Å². The van der Waals surface area contributed by atoms with Crippen molar-refractivity contribution in [1.29, 1.82) is 0 Å². The molecule has 8 heteroatoms. The van der Waals surface area contributed by atoms with Crippen molar-refractivity contribution in [2.75, 3.05) is 5.32 Å². The van der Waals surface area contributed by atoms with Crippen molar-refractivity contribution in [2.45, 2.75) is 37.0 Å². The SMILES string of the molecule is CC(=O)NCc1ccc(-c2nc(NC(=O)C3Cc4ccccc4S3)sc2C)s1.